The lowest BCUT2D eigenvalue weighted by Gasteiger charge is -2.17. The molecule has 1 aromatic rings. The van der Waals surface area contributed by atoms with Gasteiger partial charge in [0.1, 0.15) is 0 Å². The summed E-state index contributed by atoms with van der Waals surface area (Å²) in [5, 5.41) is 3.02. The molecular weight excluding hydrogens is 271 g/mol. The predicted molar refractivity (Wildman–Crippen MR) is 73.7 cm³/mol. The van der Waals surface area contributed by atoms with E-state index in [2.05, 4.69) is 10.2 Å². The molecule has 0 aliphatic carbocycles. The van der Waals surface area contributed by atoms with Crippen LogP contribution < -0.4 is 11.1 Å². The molecule has 0 aliphatic heterocycles. The lowest BCUT2D eigenvalue weighted by Crippen LogP contribution is -2.28. The Labute approximate surface area is 116 Å². The van der Waals surface area contributed by atoms with E-state index < -0.39 is 11.7 Å². The van der Waals surface area contributed by atoms with Gasteiger partial charge in [0.05, 0.1) is 23.5 Å². The van der Waals surface area contributed by atoms with Crippen LogP contribution >= 0.6 is 0 Å². The van der Waals surface area contributed by atoms with Gasteiger partial charge in [0.2, 0.25) is 0 Å². The average Bonchev–Trinajstić information content (AvgIpc) is 2.37. The molecule has 0 aromatic heterocycles. The predicted octanol–water partition coefficient (Wildman–Crippen LogP) is 2.28. The number of rotatable bonds is 7. The van der Waals surface area contributed by atoms with Crippen molar-refractivity contribution in [2.75, 3.05) is 51.4 Å². The Hall–Kier alpha value is -1.47. The van der Waals surface area contributed by atoms with E-state index in [0.717, 1.165) is 25.2 Å². The number of likely N-dealkylation sites (N-methyl/N-ethyl adjacent to an activating group) is 1. The van der Waals surface area contributed by atoms with Gasteiger partial charge in [-0.2, -0.15) is 13.2 Å². The third-order valence-corrected chi connectivity index (χ3v) is 2.87. The van der Waals surface area contributed by atoms with Crippen LogP contribution in [0.1, 0.15) is 5.56 Å². The molecule has 0 saturated heterocycles. The van der Waals surface area contributed by atoms with E-state index in [0.29, 0.717) is 18.8 Å². The molecule has 20 heavy (non-hydrogen) atoms. The van der Waals surface area contributed by atoms with Crippen LogP contribution in [0.15, 0.2) is 18.2 Å². The van der Waals surface area contributed by atoms with Crippen LogP contribution in [-0.2, 0) is 10.9 Å². The summed E-state index contributed by atoms with van der Waals surface area (Å²) in [5.41, 5.74) is 5.49. The summed E-state index contributed by atoms with van der Waals surface area (Å²) in [6.45, 7) is 2.76. The van der Waals surface area contributed by atoms with Crippen molar-refractivity contribution < 1.29 is 17.9 Å². The van der Waals surface area contributed by atoms with Crippen LogP contribution in [0, 0.1) is 0 Å². The van der Waals surface area contributed by atoms with Crippen molar-refractivity contribution >= 4 is 11.4 Å². The molecule has 0 aliphatic rings. The fourth-order valence-corrected chi connectivity index (χ4v) is 1.64. The molecule has 1 aromatic carbocycles. The van der Waals surface area contributed by atoms with Crippen molar-refractivity contribution in [2.45, 2.75) is 6.18 Å². The van der Waals surface area contributed by atoms with Gasteiger partial charge >= 0.3 is 6.18 Å². The van der Waals surface area contributed by atoms with Gasteiger partial charge in [-0.3, -0.25) is 0 Å². The minimum atomic E-state index is -4.37. The number of nitrogens with one attached hydrogen (secondary N) is 1. The Balaban J connectivity index is 2.49. The molecule has 0 saturated carbocycles. The number of hydrogen-bond donors (Lipinski definition) is 2. The van der Waals surface area contributed by atoms with Crippen molar-refractivity contribution in [1.29, 1.82) is 0 Å². The Bertz CT molecular complexity index is 424. The van der Waals surface area contributed by atoms with E-state index >= 15 is 0 Å². The van der Waals surface area contributed by atoms with Gasteiger partial charge in [-0.25, -0.2) is 0 Å². The third-order valence-electron chi connectivity index (χ3n) is 2.87. The first-order valence-corrected chi connectivity index (χ1v) is 6.22. The first-order valence-electron chi connectivity index (χ1n) is 6.22. The standard InChI is InChI=1S/C13H20F3N3O/c1-19(7-8-20-2)6-5-18-12-4-3-10(9-11(12)17)13(14,15)16/h3-4,9,18H,5-8,17H2,1-2H3. The summed E-state index contributed by atoms with van der Waals surface area (Å²) in [4.78, 5) is 2.05. The molecule has 0 atom stereocenters. The molecule has 0 fully saturated rings. The molecule has 114 valence electrons. The highest BCUT2D eigenvalue weighted by Gasteiger charge is 2.30. The molecule has 1 rings (SSSR count). The number of alkyl halides is 3. The molecule has 0 unspecified atom stereocenters. The van der Waals surface area contributed by atoms with Gasteiger partial charge in [-0.05, 0) is 25.2 Å². The molecule has 3 N–H and O–H groups in total. The van der Waals surface area contributed by atoms with Crippen molar-refractivity contribution in [3.05, 3.63) is 23.8 Å². The molecule has 0 radical (unpaired) electrons. The summed E-state index contributed by atoms with van der Waals surface area (Å²) in [5.74, 6) is 0. The van der Waals surface area contributed by atoms with Crippen LogP contribution in [0.5, 0.6) is 0 Å². The van der Waals surface area contributed by atoms with Crippen molar-refractivity contribution in [1.82, 2.24) is 4.90 Å². The monoisotopic (exact) mass is 291 g/mol. The molecule has 0 amide bonds. The average molecular weight is 291 g/mol. The number of nitrogens with zero attached hydrogens (tertiary/aromatic N) is 1. The summed E-state index contributed by atoms with van der Waals surface area (Å²) >= 11 is 0. The third kappa shape index (κ3) is 5.26. The van der Waals surface area contributed by atoms with Gasteiger partial charge in [0.25, 0.3) is 0 Å². The summed E-state index contributed by atoms with van der Waals surface area (Å²) in [6, 6.07) is 3.32. The van der Waals surface area contributed by atoms with Crippen LogP contribution in [0.2, 0.25) is 0 Å². The van der Waals surface area contributed by atoms with Gasteiger partial charge < -0.3 is 20.7 Å². The van der Waals surface area contributed by atoms with E-state index in [1.807, 2.05) is 7.05 Å². The zero-order valence-electron chi connectivity index (χ0n) is 11.6. The highest BCUT2D eigenvalue weighted by atomic mass is 19.4. The highest BCUT2D eigenvalue weighted by Crippen LogP contribution is 2.32. The lowest BCUT2D eigenvalue weighted by molar-refractivity contribution is -0.137. The van der Waals surface area contributed by atoms with E-state index in [9.17, 15) is 13.2 Å². The maximum Gasteiger partial charge on any atom is 0.416 e. The number of methoxy groups -OCH3 is 1. The lowest BCUT2D eigenvalue weighted by atomic mass is 10.1. The molecule has 4 nitrogen and oxygen atoms in total. The number of hydrogen-bond acceptors (Lipinski definition) is 4. The topological polar surface area (TPSA) is 50.5 Å². The second-order valence-corrected chi connectivity index (χ2v) is 4.52. The second kappa shape index (κ2) is 7.35. The quantitative estimate of drug-likeness (QED) is 0.757. The summed E-state index contributed by atoms with van der Waals surface area (Å²) in [7, 11) is 3.58. The van der Waals surface area contributed by atoms with Crippen molar-refractivity contribution in [3.8, 4) is 0 Å². The Morgan fingerprint density at radius 2 is 2.00 bits per heavy atom. The Morgan fingerprint density at radius 1 is 1.30 bits per heavy atom. The molecule has 7 heteroatoms. The fourth-order valence-electron chi connectivity index (χ4n) is 1.64. The summed E-state index contributed by atoms with van der Waals surface area (Å²) in [6.07, 6.45) is -4.37. The van der Waals surface area contributed by atoms with Crippen LogP contribution in [0.3, 0.4) is 0 Å². The zero-order valence-corrected chi connectivity index (χ0v) is 11.6. The van der Waals surface area contributed by atoms with E-state index in [4.69, 9.17) is 10.5 Å². The number of benzene rings is 1. The minimum absolute atomic E-state index is 0.0966. The Kier molecular flexibility index (Phi) is 6.09. The number of anilines is 2. The largest absolute Gasteiger partial charge is 0.416 e. The highest BCUT2D eigenvalue weighted by molar-refractivity contribution is 5.67. The van der Waals surface area contributed by atoms with Gasteiger partial charge in [0, 0.05) is 26.7 Å². The maximum atomic E-state index is 12.5. The minimum Gasteiger partial charge on any atom is -0.397 e. The van der Waals surface area contributed by atoms with Gasteiger partial charge in [0.15, 0.2) is 0 Å². The number of ether oxygens (including phenoxy) is 1. The van der Waals surface area contributed by atoms with E-state index in [1.165, 1.54) is 6.07 Å². The SMILES string of the molecule is COCCN(C)CCNc1ccc(C(F)(F)F)cc1N. The number of nitrogen functional groups attached to an aromatic ring is 1. The van der Waals surface area contributed by atoms with Gasteiger partial charge in [-0.1, -0.05) is 0 Å². The number of halogens is 3. The normalized spacial score (nSPS) is 11.9. The zero-order chi connectivity index (χ0) is 15.2. The fraction of sp³-hybridized carbons (Fsp3) is 0.538. The van der Waals surface area contributed by atoms with Crippen LogP contribution in [0.4, 0.5) is 24.5 Å². The van der Waals surface area contributed by atoms with Crippen molar-refractivity contribution in [3.63, 3.8) is 0 Å². The Morgan fingerprint density at radius 3 is 2.55 bits per heavy atom. The molecule has 0 bridgehead atoms. The molecule has 0 spiro atoms. The van der Waals surface area contributed by atoms with Gasteiger partial charge in [-0.15, -0.1) is 0 Å². The first kappa shape index (κ1) is 16.6. The second-order valence-electron chi connectivity index (χ2n) is 4.52. The number of nitrogens with two attached hydrogens (primary N) is 1. The van der Waals surface area contributed by atoms with E-state index in [-0.39, 0.29) is 5.69 Å². The molecular formula is C13H20F3N3O. The smallest absolute Gasteiger partial charge is 0.397 e. The maximum absolute atomic E-state index is 12.5. The first-order chi connectivity index (χ1) is 9.34. The summed E-state index contributed by atoms with van der Waals surface area (Å²) < 4.78 is 42.4. The van der Waals surface area contributed by atoms with Crippen molar-refractivity contribution in [2.24, 2.45) is 0 Å². The van der Waals surface area contributed by atoms with Crippen LogP contribution in [0.25, 0.3) is 0 Å². The van der Waals surface area contributed by atoms with Crippen LogP contribution in [-0.4, -0.2) is 45.3 Å². The molecule has 0 heterocycles. The van der Waals surface area contributed by atoms with E-state index in [1.54, 1.807) is 7.11 Å².